The zero-order valence-corrected chi connectivity index (χ0v) is 7.96. The van der Waals surface area contributed by atoms with E-state index < -0.39 is 0 Å². The maximum absolute atomic E-state index is 10.9. The van der Waals surface area contributed by atoms with E-state index in [-0.39, 0.29) is 15.5 Å². The van der Waals surface area contributed by atoms with Crippen LogP contribution in [0.3, 0.4) is 0 Å². The Bertz CT molecular complexity index is 177. The summed E-state index contributed by atoms with van der Waals surface area (Å²) in [5.41, 5.74) is 0. The van der Waals surface area contributed by atoms with Crippen molar-refractivity contribution in [3.8, 4) is 0 Å². The summed E-state index contributed by atoms with van der Waals surface area (Å²) in [6.07, 6.45) is 1.55. The molecule has 1 aliphatic heterocycles. The Kier molecular flexibility index (Phi) is 3.45. The molecule has 1 heterocycles. The summed E-state index contributed by atoms with van der Waals surface area (Å²) >= 11 is 2.69. The second-order valence-corrected chi connectivity index (χ2v) is 5.07. The molecule has 1 unspecified atom stereocenters. The van der Waals surface area contributed by atoms with Crippen LogP contribution in [-0.2, 0) is 9.59 Å². The molecule has 1 rings (SSSR count). The summed E-state index contributed by atoms with van der Waals surface area (Å²) < 4.78 is 0. The van der Waals surface area contributed by atoms with Gasteiger partial charge in [0.1, 0.15) is 0 Å². The Morgan fingerprint density at radius 1 is 1.73 bits per heavy atom. The third-order valence-electron chi connectivity index (χ3n) is 1.43. The van der Waals surface area contributed by atoms with Gasteiger partial charge in [-0.05, 0) is 6.42 Å². The molecule has 0 aromatic heterocycles. The number of thioether (sulfide) groups is 2. The average molecular weight is 190 g/mol. The molecule has 0 radical (unpaired) electrons. The highest BCUT2D eigenvalue weighted by Gasteiger charge is 2.21. The highest BCUT2D eigenvalue weighted by atomic mass is 32.2. The molecule has 1 aliphatic rings. The van der Waals surface area contributed by atoms with Crippen molar-refractivity contribution in [2.45, 2.75) is 25.0 Å². The first-order valence-electron chi connectivity index (χ1n) is 3.51. The van der Waals surface area contributed by atoms with Crippen molar-refractivity contribution >= 4 is 33.8 Å². The molecule has 0 aromatic rings. The SMILES string of the molecule is CC(=O)SC1CCSC(=O)C1. The normalized spacial score (nSPS) is 25.2. The first-order valence-corrected chi connectivity index (χ1v) is 5.38. The van der Waals surface area contributed by atoms with E-state index in [0.717, 1.165) is 12.2 Å². The van der Waals surface area contributed by atoms with Crippen LogP contribution >= 0.6 is 23.5 Å². The highest BCUT2D eigenvalue weighted by molar-refractivity contribution is 8.15. The lowest BCUT2D eigenvalue weighted by Crippen LogP contribution is -2.16. The molecule has 0 aliphatic carbocycles. The second-order valence-electron chi connectivity index (χ2n) is 2.44. The summed E-state index contributed by atoms with van der Waals surface area (Å²) in [4.78, 5) is 21.6. The van der Waals surface area contributed by atoms with E-state index in [9.17, 15) is 9.59 Å². The molecule has 2 nitrogen and oxygen atoms in total. The number of rotatable bonds is 1. The smallest absolute Gasteiger partial charge is 0.190 e. The second kappa shape index (κ2) is 4.16. The van der Waals surface area contributed by atoms with Crippen LogP contribution in [0, 0.1) is 0 Å². The lowest BCUT2D eigenvalue weighted by Gasteiger charge is -2.17. The number of carbonyl (C=O) groups excluding carboxylic acids is 2. The summed E-state index contributed by atoms with van der Waals surface area (Å²) in [6.45, 7) is 1.55. The lowest BCUT2D eigenvalue weighted by atomic mass is 10.2. The minimum atomic E-state index is 0.120. The Hall–Kier alpha value is 0.0400. The van der Waals surface area contributed by atoms with Gasteiger partial charge in [0.05, 0.1) is 0 Å². The maximum Gasteiger partial charge on any atom is 0.190 e. The van der Waals surface area contributed by atoms with E-state index >= 15 is 0 Å². The zero-order chi connectivity index (χ0) is 8.27. The molecule has 0 amide bonds. The van der Waals surface area contributed by atoms with Crippen LogP contribution < -0.4 is 0 Å². The summed E-state index contributed by atoms with van der Waals surface area (Å²) in [6, 6.07) is 0. The quantitative estimate of drug-likeness (QED) is 0.630. The largest absolute Gasteiger partial charge is 0.288 e. The fraction of sp³-hybridized carbons (Fsp3) is 0.714. The minimum Gasteiger partial charge on any atom is -0.288 e. The predicted octanol–water partition coefficient (Wildman–Crippen LogP) is 1.69. The van der Waals surface area contributed by atoms with Gasteiger partial charge in [-0.3, -0.25) is 9.59 Å². The molecule has 11 heavy (non-hydrogen) atoms. The Balaban J connectivity index is 2.34. The topological polar surface area (TPSA) is 34.1 Å². The Morgan fingerprint density at radius 2 is 2.45 bits per heavy atom. The van der Waals surface area contributed by atoms with Crippen molar-refractivity contribution in [3.63, 3.8) is 0 Å². The van der Waals surface area contributed by atoms with E-state index in [0.29, 0.717) is 6.42 Å². The summed E-state index contributed by atoms with van der Waals surface area (Å²) in [5.74, 6) is 0.879. The van der Waals surface area contributed by atoms with Crippen LogP contribution in [0.15, 0.2) is 0 Å². The van der Waals surface area contributed by atoms with Crippen molar-refractivity contribution in [1.82, 2.24) is 0 Å². The molecule has 0 bridgehead atoms. The number of hydrogen-bond acceptors (Lipinski definition) is 4. The van der Waals surface area contributed by atoms with E-state index in [4.69, 9.17) is 0 Å². The zero-order valence-electron chi connectivity index (χ0n) is 6.33. The fourth-order valence-electron chi connectivity index (χ4n) is 0.986. The predicted molar refractivity (Wildman–Crippen MR) is 48.8 cm³/mol. The molecule has 0 spiro atoms. The first kappa shape index (κ1) is 9.13. The van der Waals surface area contributed by atoms with Gasteiger partial charge in [-0.2, -0.15) is 0 Å². The minimum absolute atomic E-state index is 0.120. The third-order valence-corrected chi connectivity index (χ3v) is 3.43. The van der Waals surface area contributed by atoms with Crippen LogP contribution in [0.4, 0.5) is 0 Å². The van der Waals surface area contributed by atoms with Crippen molar-refractivity contribution in [1.29, 1.82) is 0 Å². The van der Waals surface area contributed by atoms with Crippen LogP contribution in [-0.4, -0.2) is 21.2 Å². The van der Waals surface area contributed by atoms with Crippen LogP contribution in [0.25, 0.3) is 0 Å². The van der Waals surface area contributed by atoms with Gasteiger partial charge >= 0.3 is 0 Å². The molecule has 0 aromatic carbocycles. The third kappa shape index (κ3) is 3.29. The van der Waals surface area contributed by atoms with E-state index in [1.807, 2.05) is 0 Å². The van der Waals surface area contributed by atoms with Crippen LogP contribution in [0.5, 0.6) is 0 Å². The summed E-state index contributed by atoms with van der Waals surface area (Å²) in [7, 11) is 0. The maximum atomic E-state index is 10.9. The van der Waals surface area contributed by atoms with Crippen LogP contribution in [0.2, 0.25) is 0 Å². The first-order chi connectivity index (χ1) is 5.18. The van der Waals surface area contributed by atoms with Gasteiger partial charge in [0.15, 0.2) is 10.2 Å². The molecule has 4 heteroatoms. The van der Waals surface area contributed by atoms with Gasteiger partial charge < -0.3 is 0 Å². The summed E-state index contributed by atoms with van der Waals surface area (Å²) in [5, 5.41) is 0.603. The van der Waals surface area contributed by atoms with Gasteiger partial charge in [-0.1, -0.05) is 23.5 Å². The van der Waals surface area contributed by atoms with Crippen molar-refractivity contribution in [2.75, 3.05) is 5.75 Å². The van der Waals surface area contributed by atoms with Gasteiger partial charge in [-0.15, -0.1) is 0 Å². The van der Waals surface area contributed by atoms with E-state index in [2.05, 4.69) is 0 Å². The molecular weight excluding hydrogens is 180 g/mol. The van der Waals surface area contributed by atoms with E-state index in [1.54, 1.807) is 6.92 Å². The molecule has 0 saturated carbocycles. The van der Waals surface area contributed by atoms with Crippen LogP contribution in [0.1, 0.15) is 19.8 Å². The average Bonchev–Trinajstić information content (AvgIpc) is 1.85. The lowest BCUT2D eigenvalue weighted by molar-refractivity contribution is -0.111. The monoisotopic (exact) mass is 190 g/mol. The molecular formula is C7H10O2S2. The van der Waals surface area contributed by atoms with Gasteiger partial charge in [0.25, 0.3) is 0 Å². The van der Waals surface area contributed by atoms with Gasteiger partial charge in [-0.25, -0.2) is 0 Å². The number of carbonyl (C=O) groups is 2. The van der Waals surface area contributed by atoms with Gasteiger partial charge in [0, 0.05) is 24.3 Å². The molecule has 1 atom stereocenters. The van der Waals surface area contributed by atoms with Gasteiger partial charge in [0.2, 0.25) is 0 Å². The Morgan fingerprint density at radius 3 is 3.00 bits per heavy atom. The molecule has 0 N–H and O–H groups in total. The van der Waals surface area contributed by atoms with Crippen molar-refractivity contribution in [3.05, 3.63) is 0 Å². The van der Waals surface area contributed by atoms with E-state index in [1.165, 1.54) is 23.5 Å². The molecule has 1 fully saturated rings. The Labute approximate surface area is 74.5 Å². The van der Waals surface area contributed by atoms with Crippen molar-refractivity contribution in [2.24, 2.45) is 0 Å². The fourth-order valence-corrected chi connectivity index (χ4v) is 3.13. The standard InChI is InChI=1S/C7H10O2S2/c1-5(8)11-6-2-3-10-7(9)4-6/h6H,2-4H2,1H3. The molecule has 1 saturated heterocycles. The van der Waals surface area contributed by atoms with Crippen molar-refractivity contribution < 1.29 is 9.59 Å². The number of hydrogen-bond donors (Lipinski definition) is 0. The highest BCUT2D eigenvalue weighted by Crippen LogP contribution is 2.28. The molecule has 62 valence electrons.